The number of fused-ring (bicyclic) bond motifs is 1. The summed E-state index contributed by atoms with van der Waals surface area (Å²) in [6, 6.07) is 7.63. The number of amides is 1. The molecule has 1 unspecified atom stereocenters. The Bertz CT molecular complexity index is 640. The highest BCUT2D eigenvalue weighted by molar-refractivity contribution is 9.10. The van der Waals surface area contributed by atoms with Gasteiger partial charge in [0.2, 0.25) is 5.91 Å². The molecular weight excluding hydrogens is 330 g/mol. The van der Waals surface area contributed by atoms with Gasteiger partial charge in [0.1, 0.15) is 11.9 Å². The predicted octanol–water partition coefficient (Wildman–Crippen LogP) is 3.67. The van der Waals surface area contributed by atoms with Crippen LogP contribution in [0.5, 0.6) is 0 Å². The van der Waals surface area contributed by atoms with E-state index in [9.17, 15) is 4.79 Å². The van der Waals surface area contributed by atoms with Crippen LogP contribution in [0.4, 0.5) is 5.82 Å². The number of benzene rings is 1. The Morgan fingerprint density at radius 3 is 2.67 bits per heavy atom. The number of hydrogen-bond donors (Lipinski definition) is 1. The molecule has 4 nitrogen and oxygen atoms in total. The molecule has 0 saturated heterocycles. The minimum Gasteiger partial charge on any atom is -0.358 e. The van der Waals surface area contributed by atoms with E-state index < -0.39 is 0 Å². The van der Waals surface area contributed by atoms with E-state index in [0.29, 0.717) is 0 Å². The molecule has 0 fully saturated rings. The third-order valence-corrected chi connectivity index (χ3v) is 4.24. The minimum atomic E-state index is -0.304. The first-order valence-electron chi connectivity index (χ1n) is 7.17. The van der Waals surface area contributed by atoms with Crippen molar-refractivity contribution in [3.05, 3.63) is 34.9 Å². The zero-order valence-corrected chi connectivity index (χ0v) is 14.1. The highest BCUT2D eigenvalue weighted by Crippen LogP contribution is 2.27. The zero-order valence-electron chi connectivity index (χ0n) is 12.6. The van der Waals surface area contributed by atoms with Gasteiger partial charge >= 0.3 is 0 Å². The summed E-state index contributed by atoms with van der Waals surface area (Å²) in [7, 11) is 0. The Morgan fingerprint density at radius 1 is 1.29 bits per heavy atom. The lowest BCUT2D eigenvalue weighted by Gasteiger charge is -2.24. The van der Waals surface area contributed by atoms with Gasteiger partial charge in [0.15, 0.2) is 0 Å². The molecule has 5 heteroatoms. The summed E-state index contributed by atoms with van der Waals surface area (Å²) in [5.41, 5.74) is 0. The smallest absolute Gasteiger partial charge is 0.244 e. The van der Waals surface area contributed by atoms with Crippen LogP contribution in [0.1, 0.15) is 20.8 Å². The van der Waals surface area contributed by atoms with Crippen molar-refractivity contribution in [2.75, 3.05) is 18.4 Å². The minimum absolute atomic E-state index is 0.0915. The Balaban J connectivity index is 2.28. The van der Waals surface area contributed by atoms with Gasteiger partial charge in [-0.05, 0) is 32.9 Å². The second-order valence-corrected chi connectivity index (χ2v) is 5.73. The van der Waals surface area contributed by atoms with Gasteiger partial charge in [-0.15, -0.1) is 0 Å². The van der Waals surface area contributed by atoms with Crippen molar-refractivity contribution in [1.82, 2.24) is 9.88 Å². The molecule has 0 radical (unpaired) electrons. The lowest BCUT2D eigenvalue weighted by Crippen LogP contribution is -2.41. The average Bonchev–Trinajstić information content (AvgIpc) is 2.49. The molecule has 0 spiro atoms. The van der Waals surface area contributed by atoms with Crippen LogP contribution in [0.2, 0.25) is 0 Å². The lowest BCUT2D eigenvalue weighted by molar-refractivity contribution is -0.131. The van der Waals surface area contributed by atoms with E-state index in [4.69, 9.17) is 0 Å². The summed E-state index contributed by atoms with van der Waals surface area (Å²) in [5, 5.41) is 5.32. The number of halogens is 1. The van der Waals surface area contributed by atoms with Crippen LogP contribution in [-0.4, -0.2) is 34.9 Å². The van der Waals surface area contributed by atoms with E-state index in [1.54, 1.807) is 6.20 Å². The molecule has 0 saturated carbocycles. The summed E-state index contributed by atoms with van der Waals surface area (Å²) in [6.07, 6.45) is 1.75. The molecule has 0 aliphatic carbocycles. The molecule has 21 heavy (non-hydrogen) atoms. The van der Waals surface area contributed by atoms with Crippen LogP contribution in [0.25, 0.3) is 10.8 Å². The standard InChI is InChI=1S/C16H20BrN3O/c1-4-20(5-2)16(21)11(3)19-15-13-7-6-8-14(17)12(13)9-10-18-15/h6-11H,4-5H2,1-3H3,(H,18,19). The summed E-state index contributed by atoms with van der Waals surface area (Å²) in [6.45, 7) is 7.29. The first-order valence-corrected chi connectivity index (χ1v) is 7.96. The first kappa shape index (κ1) is 15.8. The number of pyridine rings is 1. The number of hydrogen-bond acceptors (Lipinski definition) is 3. The Labute approximate surface area is 133 Å². The van der Waals surface area contributed by atoms with Gasteiger partial charge in [-0.1, -0.05) is 28.1 Å². The Morgan fingerprint density at radius 2 is 2.00 bits per heavy atom. The van der Waals surface area contributed by atoms with E-state index in [2.05, 4.69) is 26.2 Å². The van der Waals surface area contributed by atoms with Crippen molar-refractivity contribution in [3.8, 4) is 0 Å². The topological polar surface area (TPSA) is 45.2 Å². The number of nitrogens with one attached hydrogen (secondary N) is 1. The maximum absolute atomic E-state index is 12.3. The molecule has 2 aromatic rings. The molecule has 1 amide bonds. The number of rotatable bonds is 5. The molecule has 1 heterocycles. The van der Waals surface area contributed by atoms with Gasteiger partial charge in [0.25, 0.3) is 0 Å². The number of carbonyl (C=O) groups excluding carboxylic acids is 1. The van der Waals surface area contributed by atoms with Crippen molar-refractivity contribution in [2.45, 2.75) is 26.8 Å². The fourth-order valence-corrected chi connectivity index (χ4v) is 2.86. The van der Waals surface area contributed by atoms with Crippen LogP contribution >= 0.6 is 15.9 Å². The predicted molar refractivity (Wildman–Crippen MR) is 90.5 cm³/mol. The van der Waals surface area contributed by atoms with Crippen LogP contribution in [-0.2, 0) is 4.79 Å². The van der Waals surface area contributed by atoms with E-state index in [1.165, 1.54) is 0 Å². The largest absolute Gasteiger partial charge is 0.358 e. The molecule has 112 valence electrons. The molecule has 0 bridgehead atoms. The van der Waals surface area contributed by atoms with Gasteiger partial charge in [-0.3, -0.25) is 4.79 Å². The van der Waals surface area contributed by atoms with Crippen molar-refractivity contribution < 1.29 is 4.79 Å². The van der Waals surface area contributed by atoms with Gasteiger partial charge in [-0.25, -0.2) is 4.98 Å². The summed E-state index contributed by atoms with van der Waals surface area (Å²) in [4.78, 5) is 18.5. The normalized spacial score (nSPS) is 12.2. The fraction of sp³-hybridized carbons (Fsp3) is 0.375. The summed E-state index contributed by atoms with van der Waals surface area (Å²) in [5.74, 6) is 0.829. The Hall–Kier alpha value is -1.62. The SMILES string of the molecule is CCN(CC)C(=O)C(C)Nc1nccc2c(Br)cccc12. The van der Waals surface area contributed by atoms with E-state index in [-0.39, 0.29) is 11.9 Å². The monoisotopic (exact) mass is 349 g/mol. The maximum atomic E-state index is 12.3. The molecule has 1 N–H and O–H groups in total. The van der Waals surface area contributed by atoms with Crippen molar-refractivity contribution in [3.63, 3.8) is 0 Å². The van der Waals surface area contributed by atoms with E-state index >= 15 is 0 Å². The third-order valence-electron chi connectivity index (χ3n) is 3.55. The number of aromatic nitrogens is 1. The third kappa shape index (κ3) is 3.35. The van der Waals surface area contributed by atoms with Crippen LogP contribution in [0.3, 0.4) is 0 Å². The molecule has 0 aliphatic rings. The van der Waals surface area contributed by atoms with E-state index in [0.717, 1.165) is 34.2 Å². The van der Waals surface area contributed by atoms with Crippen molar-refractivity contribution in [1.29, 1.82) is 0 Å². The van der Waals surface area contributed by atoms with Crippen LogP contribution in [0.15, 0.2) is 34.9 Å². The number of nitrogens with zero attached hydrogens (tertiary/aromatic N) is 2. The second kappa shape index (κ2) is 6.89. The molecule has 1 aromatic carbocycles. The molecule has 1 atom stereocenters. The van der Waals surface area contributed by atoms with Gasteiger partial charge < -0.3 is 10.2 Å². The fourth-order valence-electron chi connectivity index (χ4n) is 2.36. The quantitative estimate of drug-likeness (QED) is 0.895. The summed E-state index contributed by atoms with van der Waals surface area (Å²) >= 11 is 3.54. The van der Waals surface area contributed by atoms with Gasteiger partial charge in [0, 0.05) is 34.5 Å². The molecule has 2 rings (SSSR count). The molecular formula is C16H20BrN3O. The number of anilines is 1. The van der Waals surface area contributed by atoms with Crippen LogP contribution < -0.4 is 5.32 Å². The van der Waals surface area contributed by atoms with Gasteiger partial charge in [0.05, 0.1) is 0 Å². The number of likely N-dealkylation sites (N-methyl/N-ethyl adjacent to an activating group) is 1. The average molecular weight is 350 g/mol. The van der Waals surface area contributed by atoms with Gasteiger partial charge in [-0.2, -0.15) is 0 Å². The van der Waals surface area contributed by atoms with Crippen molar-refractivity contribution in [2.24, 2.45) is 0 Å². The highest BCUT2D eigenvalue weighted by Gasteiger charge is 2.19. The first-order chi connectivity index (χ1) is 10.1. The van der Waals surface area contributed by atoms with Crippen LogP contribution in [0, 0.1) is 0 Å². The maximum Gasteiger partial charge on any atom is 0.244 e. The van der Waals surface area contributed by atoms with E-state index in [1.807, 2.05) is 49.9 Å². The molecule has 1 aromatic heterocycles. The second-order valence-electron chi connectivity index (χ2n) is 4.87. The molecule has 0 aliphatic heterocycles. The lowest BCUT2D eigenvalue weighted by atomic mass is 10.1. The van der Waals surface area contributed by atoms with Crippen molar-refractivity contribution >= 4 is 38.4 Å². The number of carbonyl (C=O) groups is 1. The highest BCUT2D eigenvalue weighted by atomic mass is 79.9. The zero-order chi connectivity index (χ0) is 15.4. The summed E-state index contributed by atoms with van der Waals surface area (Å²) < 4.78 is 1.02. The Kier molecular flexibility index (Phi) is 5.17.